The van der Waals surface area contributed by atoms with E-state index in [0.717, 1.165) is 5.56 Å². The number of allylic oxidation sites excluding steroid dienone is 1. The van der Waals surface area contributed by atoms with Crippen LogP contribution in [-0.4, -0.2) is 40.3 Å². The van der Waals surface area contributed by atoms with Gasteiger partial charge in [0.05, 0.1) is 0 Å². The number of aliphatic hydroxyl groups is 1. The van der Waals surface area contributed by atoms with Gasteiger partial charge in [0.1, 0.15) is 0 Å². The first-order valence-corrected chi connectivity index (χ1v) is 9.25. The quantitative estimate of drug-likeness (QED) is 0.427. The van der Waals surface area contributed by atoms with Crippen molar-refractivity contribution < 1.29 is 19.9 Å². The van der Waals surface area contributed by atoms with E-state index in [1.807, 2.05) is 13.8 Å². The molecule has 0 aliphatic heterocycles. The van der Waals surface area contributed by atoms with E-state index in [4.69, 9.17) is 10.3 Å². The molecule has 4 N–H and O–H groups in total. The largest absolute Gasteiger partial charge is 0.396 e. The number of carbonyl (C=O) groups excluding carboxylic acids is 2. The lowest BCUT2D eigenvalue weighted by molar-refractivity contribution is 0.0706. The Morgan fingerprint density at radius 3 is 2.07 bits per heavy atom. The van der Waals surface area contributed by atoms with Gasteiger partial charge in [0, 0.05) is 31.0 Å². The molecule has 0 radical (unpaired) electrons. The van der Waals surface area contributed by atoms with Crippen molar-refractivity contribution in [2.75, 3.05) is 13.2 Å². The highest BCUT2D eigenvalue weighted by atomic mass is 16.5. The van der Waals surface area contributed by atoms with Crippen LogP contribution in [0.5, 0.6) is 0 Å². The SMILES string of the molecule is C=C(C)NC(=O)N(CCCO)Cc1ccc(C(=O)NO)cc1.CC.CCC. The first kappa shape index (κ1) is 26.8. The minimum Gasteiger partial charge on any atom is -0.396 e. The summed E-state index contributed by atoms with van der Waals surface area (Å²) in [4.78, 5) is 24.9. The molecule has 1 aromatic carbocycles. The maximum Gasteiger partial charge on any atom is 0.321 e. The van der Waals surface area contributed by atoms with Crippen LogP contribution in [0.3, 0.4) is 0 Å². The summed E-state index contributed by atoms with van der Waals surface area (Å²) in [5.74, 6) is -0.594. The summed E-state index contributed by atoms with van der Waals surface area (Å²) in [6.07, 6.45) is 1.72. The van der Waals surface area contributed by atoms with E-state index in [1.54, 1.807) is 41.6 Å². The Morgan fingerprint density at radius 1 is 1.15 bits per heavy atom. The highest BCUT2D eigenvalue weighted by Crippen LogP contribution is 2.09. The van der Waals surface area contributed by atoms with Gasteiger partial charge in [0.2, 0.25) is 0 Å². The Labute approximate surface area is 163 Å². The molecule has 7 nitrogen and oxygen atoms in total. The molecule has 1 aromatic rings. The maximum atomic E-state index is 12.1. The Balaban J connectivity index is 0. The highest BCUT2D eigenvalue weighted by Gasteiger charge is 2.14. The summed E-state index contributed by atoms with van der Waals surface area (Å²) in [7, 11) is 0. The molecule has 0 saturated carbocycles. The fraction of sp³-hybridized carbons (Fsp3) is 0.500. The first-order valence-electron chi connectivity index (χ1n) is 9.25. The third-order valence-electron chi connectivity index (χ3n) is 2.88. The molecular formula is C20H35N3O4. The molecule has 0 fully saturated rings. The van der Waals surface area contributed by atoms with Gasteiger partial charge in [0.15, 0.2) is 0 Å². The third kappa shape index (κ3) is 12.6. The van der Waals surface area contributed by atoms with Gasteiger partial charge in [-0.05, 0) is 31.0 Å². The van der Waals surface area contributed by atoms with Gasteiger partial charge in [-0.3, -0.25) is 10.0 Å². The predicted molar refractivity (Wildman–Crippen MR) is 108 cm³/mol. The lowest BCUT2D eigenvalue weighted by Gasteiger charge is -2.23. The number of hydrogen-bond acceptors (Lipinski definition) is 4. The second-order valence-electron chi connectivity index (χ2n) is 5.55. The number of hydrogen-bond donors (Lipinski definition) is 4. The topological polar surface area (TPSA) is 102 Å². The Morgan fingerprint density at radius 2 is 1.67 bits per heavy atom. The standard InChI is InChI=1S/C15H21N3O4.C3H8.C2H6/c1-11(2)16-15(21)18(8-3-9-19)10-12-4-6-13(7-5-12)14(20)17-22;1-3-2;1-2/h4-7,19,22H,1,3,8-10H2,2H3,(H,16,21)(H,17,20);3H2,1-2H3;1-2H3. The van der Waals surface area contributed by atoms with Crippen molar-refractivity contribution in [1.29, 1.82) is 0 Å². The molecule has 27 heavy (non-hydrogen) atoms. The fourth-order valence-electron chi connectivity index (χ4n) is 1.82. The molecule has 1 rings (SSSR count). The van der Waals surface area contributed by atoms with Crippen molar-refractivity contribution in [2.24, 2.45) is 0 Å². The number of nitrogens with one attached hydrogen (secondary N) is 2. The van der Waals surface area contributed by atoms with Crippen LogP contribution in [-0.2, 0) is 6.54 Å². The number of urea groups is 1. The van der Waals surface area contributed by atoms with Crippen LogP contribution in [0.4, 0.5) is 4.79 Å². The zero-order valence-electron chi connectivity index (χ0n) is 17.2. The van der Waals surface area contributed by atoms with E-state index < -0.39 is 5.91 Å². The molecule has 154 valence electrons. The second kappa shape index (κ2) is 17.1. The number of hydroxylamine groups is 1. The van der Waals surface area contributed by atoms with E-state index in [1.165, 1.54) is 6.42 Å². The van der Waals surface area contributed by atoms with Crippen molar-refractivity contribution in [2.45, 2.75) is 54.0 Å². The number of amides is 3. The van der Waals surface area contributed by atoms with E-state index in [-0.39, 0.29) is 12.6 Å². The van der Waals surface area contributed by atoms with Gasteiger partial charge in [0.25, 0.3) is 5.91 Å². The summed E-state index contributed by atoms with van der Waals surface area (Å²) >= 11 is 0. The second-order valence-corrected chi connectivity index (χ2v) is 5.55. The van der Waals surface area contributed by atoms with Crippen LogP contribution in [0.15, 0.2) is 36.5 Å². The summed E-state index contributed by atoms with van der Waals surface area (Å²) in [6.45, 7) is 14.3. The van der Waals surface area contributed by atoms with E-state index in [9.17, 15) is 9.59 Å². The molecule has 3 amide bonds. The summed E-state index contributed by atoms with van der Waals surface area (Å²) in [5, 5.41) is 20.1. The number of nitrogens with zero attached hydrogens (tertiary/aromatic N) is 1. The molecule has 0 unspecified atom stereocenters. The molecule has 0 spiro atoms. The van der Waals surface area contributed by atoms with E-state index >= 15 is 0 Å². The van der Waals surface area contributed by atoms with E-state index in [0.29, 0.717) is 30.8 Å². The van der Waals surface area contributed by atoms with Gasteiger partial charge < -0.3 is 15.3 Å². The molecular weight excluding hydrogens is 346 g/mol. The number of benzene rings is 1. The first-order chi connectivity index (χ1) is 12.9. The summed E-state index contributed by atoms with van der Waals surface area (Å²) < 4.78 is 0. The predicted octanol–water partition coefficient (Wildman–Crippen LogP) is 3.68. The Hall–Kier alpha value is -2.38. The maximum absolute atomic E-state index is 12.1. The number of carbonyl (C=O) groups is 2. The van der Waals surface area contributed by atoms with Gasteiger partial charge in [-0.1, -0.05) is 52.8 Å². The fourth-order valence-corrected chi connectivity index (χ4v) is 1.82. The smallest absolute Gasteiger partial charge is 0.321 e. The van der Waals surface area contributed by atoms with Crippen molar-refractivity contribution in [3.05, 3.63) is 47.7 Å². The van der Waals surface area contributed by atoms with Crippen LogP contribution in [0.1, 0.15) is 63.4 Å². The molecule has 7 heteroatoms. The van der Waals surface area contributed by atoms with E-state index in [2.05, 4.69) is 25.7 Å². The van der Waals surface area contributed by atoms with Crippen LogP contribution in [0.25, 0.3) is 0 Å². The molecule has 0 saturated heterocycles. The normalized spacial score (nSPS) is 9.00. The molecule has 0 atom stereocenters. The van der Waals surface area contributed by atoms with Crippen LogP contribution in [0, 0.1) is 0 Å². The molecule has 0 heterocycles. The van der Waals surface area contributed by atoms with Crippen molar-refractivity contribution >= 4 is 11.9 Å². The molecule has 0 aromatic heterocycles. The number of aliphatic hydroxyl groups excluding tert-OH is 1. The van der Waals surface area contributed by atoms with Gasteiger partial charge in [-0.2, -0.15) is 0 Å². The van der Waals surface area contributed by atoms with Crippen molar-refractivity contribution in [3.8, 4) is 0 Å². The monoisotopic (exact) mass is 381 g/mol. The summed E-state index contributed by atoms with van der Waals surface area (Å²) in [5.41, 5.74) is 3.24. The van der Waals surface area contributed by atoms with Crippen LogP contribution < -0.4 is 10.8 Å². The average molecular weight is 382 g/mol. The zero-order valence-corrected chi connectivity index (χ0v) is 17.2. The third-order valence-corrected chi connectivity index (χ3v) is 2.88. The number of rotatable bonds is 7. The lowest BCUT2D eigenvalue weighted by Crippen LogP contribution is -2.39. The zero-order chi connectivity index (χ0) is 21.2. The van der Waals surface area contributed by atoms with Gasteiger partial charge in [-0.15, -0.1) is 0 Å². The lowest BCUT2D eigenvalue weighted by atomic mass is 10.1. The average Bonchev–Trinajstić information content (AvgIpc) is 2.66. The van der Waals surface area contributed by atoms with Crippen molar-refractivity contribution in [1.82, 2.24) is 15.7 Å². The van der Waals surface area contributed by atoms with Crippen LogP contribution in [0.2, 0.25) is 0 Å². The van der Waals surface area contributed by atoms with Crippen molar-refractivity contribution in [3.63, 3.8) is 0 Å². The van der Waals surface area contributed by atoms with Gasteiger partial charge in [-0.25, -0.2) is 10.3 Å². The highest BCUT2D eigenvalue weighted by molar-refractivity contribution is 5.93. The Bertz CT molecular complexity index is 545. The van der Waals surface area contributed by atoms with Crippen LogP contribution >= 0.6 is 0 Å². The minimum atomic E-state index is -0.594. The molecule has 0 aliphatic rings. The molecule has 0 bridgehead atoms. The summed E-state index contributed by atoms with van der Waals surface area (Å²) in [6, 6.07) is 6.22. The van der Waals surface area contributed by atoms with Gasteiger partial charge >= 0.3 is 6.03 Å². The minimum absolute atomic E-state index is 0.00748. The molecule has 0 aliphatic carbocycles. The Kier molecular flexibility index (Phi) is 17.0.